The number of nitrogens with zero attached hydrogens (tertiary/aromatic N) is 2. The Kier molecular flexibility index (Phi) is 8.18. The first kappa shape index (κ1) is 17.5. The third-order valence-corrected chi connectivity index (χ3v) is 5.31. The zero-order valence-corrected chi connectivity index (χ0v) is 14.2. The average Bonchev–Trinajstić information content (AvgIpc) is 2.46. The van der Waals surface area contributed by atoms with E-state index in [1.165, 1.54) is 5.11 Å². The number of hydrogen-bond acceptors (Lipinski definition) is 1. The van der Waals surface area contributed by atoms with E-state index in [2.05, 4.69) is 38.3 Å². The Morgan fingerprint density at radius 1 is 1.10 bits per heavy atom. The van der Waals surface area contributed by atoms with E-state index in [0.717, 1.165) is 50.8 Å². The van der Waals surface area contributed by atoms with Crippen molar-refractivity contribution >= 4 is 21.6 Å². The fourth-order valence-electron chi connectivity index (χ4n) is 2.18. The molecule has 1 aliphatic rings. The van der Waals surface area contributed by atoms with Crippen LogP contribution in [0.15, 0.2) is 0 Å². The number of urea groups is 1. The molecule has 0 aliphatic carbocycles. The Labute approximate surface area is 126 Å². The molecule has 1 fully saturated rings. The van der Waals surface area contributed by atoms with Crippen LogP contribution in [0.4, 0.5) is 4.79 Å². The van der Waals surface area contributed by atoms with Crippen molar-refractivity contribution in [3.8, 4) is 0 Å². The zero-order valence-electron chi connectivity index (χ0n) is 13.4. The molecule has 1 atom stereocenters. The SMILES string of the molecule is CCCN/C(NCC)=S1/CN(CC)C(=O)N(CCC)C1. The molecule has 2 N–H and O–H groups in total. The quantitative estimate of drug-likeness (QED) is 0.738. The molecule has 1 rings (SSSR count). The number of rotatable bonds is 6. The largest absolute Gasteiger partial charge is 0.321 e. The number of carbonyl (C=O) groups excluding carboxylic acids is 1. The van der Waals surface area contributed by atoms with Crippen molar-refractivity contribution in [2.75, 3.05) is 37.9 Å². The predicted molar refractivity (Wildman–Crippen MR) is 89.1 cm³/mol. The zero-order chi connectivity index (χ0) is 15.0. The van der Waals surface area contributed by atoms with Crippen molar-refractivity contribution in [2.24, 2.45) is 0 Å². The summed E-state index contributed by atoms with van der Waals surface area (Å²) in [5.74, 6) is 1.69. The van der Waals surface area contributed by atoms with Gasteiger partial charge in [-0.25, -0.2) is 4.79 Å². The van der Waals surface area contributed by atoms with Crippen LogP contribution in [0.1, 0.15) is 40.5 Å². The molecule has 1 heterocycles. The highest BCUT2D eigenvalue weighted by molar-refractivity contribution is 8.15. The molecule has 0 saturated carbocycles. The fraction of sp³-hybridized carbons (Fsp3) is 0.857. The van der Waals surface area contributed by atoms with Gasteiger partial charge in [0.2, 0.25) is 0 Å². The minimum atomic E-state index is 0.0594. The standard InChI is InChI=1S/C14H30N4OS/c1-5-9-16-13(15-7-3)20-11-17(8-4)14(19)18(12-20)10-6-2/h15-16H,5-12H2,1-4H3. The van der Waals surface area contributed by atoms with Gasteiger partial charge < -0.3 is 9.80 Å². The monoisotopic (exact) mass is 302 g/mol. The lowest BCUT2D eigenvalue weighted by Gasteiger charge is -2.38. The molecule has 0 bridgehead atoms. The van der Waals surface area contributed by atoms with Crippen LogP contribution >= 0.6 is 10.5 Å². The van der Waals surface area contributed by atoms with E-state index in [1.54, 1.807) is 0 Å². The maximum atomic E-state index is 12.3. The van der Waals surface area contributed by atoms with Gasteiger partial charge in [-0.05, 0) is 26.3 Å². The first-order chi connectivity index (χ1) is 9.67. The van der Waals surface area contributed by atoms with Crippen molar-refractivity contribution in [1.29, 1.82) is 0 Å². The molecule has 0 spiro atoms. The molecular weight excluding hydrogens is 272 g/mol. The summed E-state index contributed by atoms with van der Waals surface area (Å²) >= 11 is 0. The maximum Gasteiger partial charge on any atom is 0.321 e. The van der Waals surface area contributed by atoms with Crippen LogP contribution in [0.5, 0.6) is 0 Å². The number of hydrogen-bond donors (Lipinski definition) is 2. The molecule has 0 aromatic carbocycles. The second-order valence-corrected chi connectivity index (χ2v) is 6.85. The molecular formula is C14H30N4OS. The molecule has 20 heavy (non-hydrogen) atoms. The van der Waals surface area contributed by atoms with Crippen molar-refractivity contribution < 1.29 is 4.79 Å². The highest BCUT2D eigenvalue weighted by Gasteiger charge is 2.27. The topological polar surface area (TPSA) is 47.6 Å². The Morgan fingerprint density at radius 2 is 1.80 bits per heavy atom. The first-order valence-electron chi connectivity index (χ1n) is 7.73. The second-order valence-electron chi connectivity index (χ2n) is 4.94. The van der Waals surface area contributed by atoms with Crippen molar-refractivity contribution in [3.63, 3.8) is 0 Å². The number of amides is 2. The fourth-order valence-corrected chi connectivity index (χ4v) is 4.46. The number of carbonyl (C=O) groups is 1. The van der Waals surface area contributed by atoms with Gasteiger partial charge in [0, 0.05) is 19.6 Å². The van der Waals surface area contributed by atoms with Crippen LogP contribution in [0.2, 0.25) is 0 Å². The smallest absolute Gasteiger partial charge is 0.316 e. The normalized spacial score (nSPS) is 20.5. The molecule has 1 unspecified atom stereocenters. The van der Waals surface area contributed by atoms with E-state index in [0.29, 0.717) is 0 Å². The van der Waals surface area contributed by atoms with Gasteiger partial charge in [-0.2, -0.15) is 0 Å². The van der Waals surface area contributed by atoms with Gasteiger partial charge in [0.05, 0.1) is 16.9 Å². The van der Waals surface area contributed by atoms with Crippen LogP contribution in [0.3, 0.4) is 0 Å². The van der Waals surface area contributed by atoms with E-state index < -0.39 is 0 Å². The molecule has 0 aromatic heterocycles. The lowest BCUT2D eigenvalue weighted by Crippen LogP contribution is -2.50. The Morgan fingerprint density at radius 3 is 2.35 bits per heavy atom. The van der Waals surface area contributed by atoms with Crippen LogP contribution in [-0.2, 0) is 0 Å². The van der Waals surface area contributed by atoms with E-state index >= 15 is 0 Å². The van der Waals surface area contributed by atoms with Gasteiger partial charge in [-0.15, -0.1) is 10.5 Å². The van der Waals surface area contributed by atoms with Gasteiger partial charge in [-0.1, -0.05) is 20.8 Å². The molecule has 5 nitrogen and oxygen atoms in total. The van der Waals surface area contributed by atoms with Crippen LogP contribution in [0.25, 0.3) is 0 Å². The van der Waals surface area contributed by atoms with Crippen molar-refractivity contribution in [3.05, 3.63) is 0 Å². The predicted octanol–water partition coefficient (Wildman–Crippen LogP) is 2.03. The number of nitrogens with one attached hydrogen (secondary N) is 2. The van der Waals surface area contributed by atoms with Gasteiger partial charge in [0.15, 0.2) is 0 Å². The van der Waals surface area contributed by atoms with Gasteiger partial charge in [0.25, 0.3) is 0 Å². The maximum absolute atomic E-state index is 12.3. The third kappa shape index (κ3) is 4.75. The van der Waals surface area contributed by atoms with E-state index in [9.17, 15) is 4.79 Å². The van der Waals surface area contributed by atoms with E-state index in [1.807, 2.05) is 9.80 Å². The summed E-state index contributed by atoms with van der Waals surface area (Å²) < 4.78 is 0. The summed E-state index contributed by atoms with van der Waals surface area (Å²) in [6.07, 6.45) is 2.13. The second kappa shape index (κ2) is 9.37. The summed E-state index contributed by atoms with van der Waals surface area (Å²) in [4.78, 5) is 16.3. The molecule has 0 aromatic rings. The van der Waals surface area contributed by atoms with Gasteiger partial charge in [0.1, 0.15) is 0 Å². The molecule has 118 valence electrons. The Bertz CT molecular complexity index is 346. The van der Waals surface area contributed by atoms with E-state index in [-0.39, 0.29) is 16.5 Å². The summed E-state index contributed by atoms with van der Waals surface area (Å²) in [6.45, 7) is 12.0. The molecule has 1 saturated heterocycles. The van der Waals surface area contributed by atoms with Crippen molar-refractivity contribution in [1.82, 2.24) is 20.4 Å². The minimum absolute atomic E-state index is 0.0594. The van der Waals surface area contributed by atoms with Crippen LogP contribution < -0.4 is 10.6 Å². The van der Waals surface area contributed by atoms with Gasteiger partial charge >= 0.3 is 6.03 Å². The lowest BCUT2D eigenvalue weighted by atomic mass is 10.4. The highest BCUT2D eigenvalue weighted by Crippen LogP contribution is 2.24. The average molecular weight is 302 g/mol. The van der Waals surface area contributed by atoms with Crippen LogP contribution in [-0.4, -0.2) is 58.9 Å². The van der Waals surface area contributed by atoms with E-state index in [4.69, 9.17) is 0 Å². The molecule has 1 aliphatic heterocycles. The molecule has 2 amide bonds. The molecule has 6 heteroatoms. The summed E-state index contributed by atoms with van der Waals surface area (Å²) in [7, 11) is 0.0594. The highest BCUT2D eigenvalue weighted by atomic mass is 32.2. The van der Waals surface area contributed by atoms with Crippen LogP contribution in [0, 0.1) is 0 Å². The Balaban J connectivity index is 2.91. The molecule has 0 radical (unpaired) electrons. The summed E-state index contributed by atoms with van der Waals surface area (Å²) in [5.41, 5.74) is 0. The Hall–Kier alpha value is -0.590. The minimum Gasteiger partial charge on any atom is -0.316 e. The first-order valence-corrected chi connectivity index (χ1v) is 9.30. The lowest BCUT2D eigenvalue weighted by molar-refractivity contribution is 0.166. The van der Waals surface area contributed by atoms with Crippen molar-refractivity contribution in [2.45, 2.75) is 40.5 Å². The summed E-state index contributed by atoms with van der Waals surface area (Å²) in [5, 5.41) is 8.20. The summed E-state index contributed by atoms with van der Waals surface area (Å²) in [6, 6.07) is 0.199. The third-order valence-electron chi connectivity index (χ3n) is 3.20. The van der Waals surface area contributed by atoms with Gasteiger partial charge in [-0.3, -0.25) is 10.6 Å².